The van der Waals surface area contributed by atoms with Gasteiger partial charge in [-0.05, 0) is 71.3 Å². The molecule has 0 radical (unpaired) electrons. The van der Waals surface area contributed by atoms with Gasteiger partial charge in [0.25, 0.3) is 5.91 Å². The summed E-state index contributed by atoms with van der Waals surface area (Å²) in [6.07, 6.45) is 4.12. The maximum Gasteiger partial charge on any atom is 0.271 e. The first-order valence-corrected chi connectivity index (χ1v) is 8.88. The Bertz CT molecular complexity index is 753. The number of amides is 1. The van der Waals surface area contributed by atoms with Crippen LogP contribution in [0.4, 0.5) is 5.69 Å². The third kappa shape index (κ3) is 4.05. The van der Waals surface area contributed by atoms with Gasteiger partial charge in [0.05, 0.1) is 9.78 Å². The van der Waals surface area contributed by atoms with E-state index in [1.807, 2.05) is 34.7 Å². The minimum Gasteiger partial charge on any atom is -0.507 e. The van der Waals surface area contributed by atoms with Crippen LogP contribution in [0.3, 0.4) is 0 Å². The van der Waals surface area contributed by atoms with E-state index < -0.39 is 0 Å². The zero-order chi connectivity index (χ0) is 16.9. The van der Waals surface area contributed by atoms with Gasteiger partial charge < -0.3 is 10.0 Å². The molecule has 2 aromatic carbocycles. The standard InChI is InChI=1S/C18H18IN3O2/c19-16-8-5-14(11-17(16)23)18(24)21-20-12-13-3-6-15(7-4-13)22-9-1-2-10-22/h3-8,11-12,23H,1-2,9-10H2,(H,21,24)/b20-12+. The van der Waals surface area contributed by atoms with Crippen LogP contribution in [0.15, 0.2) is 47.6 Å². The number of aromatic hydroxyl groups is 1. The van der Waals surface area contributed by atoms with Crippen molar-refractivity contribution in [3.05, 3.63) is 57.2 Å². The monoisotopic (exact) mass is 435 g/mol. The molecule has 0 saturated carbocycles. The topological polar surface area (TPSA) is 64.9 Å². The van der Waals surface area contributed by atoms with Gasteiger partial charge in [-0.3, -0.25) is 4.79 Å². The van der Waals surface area contributed by atoms with E-state index in [-0.39, 0.29) is 11.7 Å². The smallest absolute Gasteiger partial charge is 0.271 e. The van der Waals surface area contributed by atoms with Crippen molar-refractivity contribution in [1.82, 2.24) is 5.43 Å². The third-order valence-electron chi connectivity index (χ3n) is 3.95. The van der Waals surface area contributed by atoms with Crippen LogP contribution in [-0.2, 0) is 0 Å². The zero-order valence-corrected chi connectivity index (χ0v) is 15.2. The maximum atomic E-state index is 12.0. The summed E-state index contributed by atoms with van der Waals surface area (Å²) in [6, 6.07) is 12.9. The number of phenols is 1. The molecule has 6 heteroatoms. The fourth-order valence-corrected chi connectivity index (χ4v) is 2.97. The minimum atomic E-state index is -0.355. The maximum absolute atomic E-state index is 12.0. The summed E-state index contributed by atoms with van der Waals surface area (Å²) < 4.78 is 0.700. The zero-order valence-electron chi connectivity index (χ0n) is 13.1. The molecular weight excluding hydrogens is 417 g/mol. The fraction of sp³-hybridized carbons (Fsp3) is 0.222. The van der Waals surface area contributed by atoms with Gasteiger partial charge >= 0.3 is 0 Å². The van der Waals surface area contributed by atoms with Gasteiger partial charge in [-0.1, -0.05) is 12.1 Å². The molecule has 1 fully saturated rings. The summed E-state index contributed by atoms with van der Waals surface area (Å²) in [5, 5.41) is 13.6. The Hall–Kier alpha value is -2.09. The van der Waals surface area contributed by atoms with Gasteiger partial charge in [-0.15, -0.1) is 0 Å². The van der Waals surface area contributed by atoms with Crippen LogP contribution in [0.2, 0.25) is 0 Å². The number of carbonyl (C=O) groups is 1. The summed E-state index contributed by atoms with van der Waals surface area (Å²) >= 11 is 2.00. The Kier molecular flexibility index (Phi) is 5.34. The van der Waals surface area contributed by atoms with Crippen molar-refractivity contribution in [1.29, 1.82) is 0 Å². The first kappa shape index (κ1) is 16.8. The number of halogens is 1. The molecule has 2 N–H and O–H groups in total. The molecule has 2 aromatic rings. The summed E-state index contributed by atoms with van der Waals surface area (Å²) in [5.74, 6) is -0.267. The van der Waals surface area contributed by atoms with Crippen LogP contribution in [0.1, 0.15) is 28.8 Å². The van der Waals surface area contributed by atoms with E-state index in [0.717, 1.165) is 18.7 Å². The van der Waals surface area contributed by atoms with Crippen LogP contribution in [0.5, 0.6) is 5.75 Å². The molecule has 0 spiro atoms. The largest absolute Gasteiger partial charge is 0.507 e. The number of benzene rings is 2. The molecule has 1 aliphatic rings. The number of anilines is 1. The highest BCUT2D eigenvalue weighted by atomic mass is 127. The lowest BCUT2D eigenvalue weighted by atomic mass is 10.2. The normalized spacial score (nSPS) is 14.3. The second-order valence-corrected chi connectivity index (χ2v) is 6.81. The molecule has 3 rings (SSSR count). The lowest BCUT2D eigenvalue weighted by molar-refractivity contribution is 0.0954. The van der Waals surface area contributed by atoms with E-state index in [1.54, 1.807) is 18.3 Å². The van der Waals surface area contributed by atoms with Crippen LogP contribution < -0.4 is 10.3 Å². The molecule has 24 heavy (non-hydrogen) atoms. The van der Waals surface area contributed by atoms with Gasteiger partial charge in [-0.25, -0.2) is 5.43 Å². The lowest BCUT2D eigenvalue weighted by Gasteiger charge is -2.17. The summed E-state index contributed by atoms with van der Waals surface area (Å²) in [7, 11) is 0. The van der Waals surface area contributed by atoms with Crippen LogP contribution in [-0.4, -0.2) is 30.3 Å². The summed E-state index contributed by atoms with van der Waals surface area (Å²) in [6.45, 7) is 2.23. The lowest BCUT2D eigenvalue weighted by Crippen LogP contribution is -2.18. The number of hydrogen-bond donors (Lipinski definition) is 2. The quantitative estimate of drug-likeness (QED) is 0.440. The van der Waals surface area contributed by atoms with E-state index >= 15 is 0 Å². The van der Waals surface area contributed by atoms with E-state index in [4.69, 9.17) is 0 Å². The molecule has 1 heterocycles. The molecule has 1 aliphatic heterocycles. The fourth-order valence-electron chi connectivity index (χ4n) is 2.63. The number of phenolic OH excluding ortho intramolecular Hbond substituents is 1. The molecule has 0 aromatic heterocycles. The third-order valence-corrected chi connectivity index (χ3v) is 4.86. The van der Waals surface area contributed by atoms with Crippen LogP contribution in [0.25, 0.3) is 0 Å². The van der Waals surface area contributed by atoms with Crippen molar-refractivity contribution < 1.29 is 9.90 Å². The predicted octanol–water partition coefficient (Wildman–Crippen LogP) is 3.36. The van der Waals surface area contributed by atoms with Crippen molar-refractivity contribution in [3.8, 4) is 5.75 Å². The van der Waals surface area contributed by atoms with Crippen molar-refractivity contribution in [2.24, 2.45) is 5.10 Å². The molecule has 0 atom stereocenters. The number of nitrogens with zero attached hydrogens (tertiary/aromatic N) is 2. The molecule has 0 bridgehead atoms. The van der Waals surface area contributed by atoms with Crippen molar-refractivity contribution in [3.63, 3.8) is 0 Å². The highest BCUT2D eigenvalue weighted by molar-refractivity contribution is 14.1. The van der Waals surface area contributed by atoms with Gasteiger partial charge in [0.15, 0.2) is 0 Å². The molecule has 124 valence electrons. The van der Waals surface area contributed by atoms with Crippen molar-refractivity contribution >= 4 is 40.4 Å². The summed E-state index contributed by atoms with van der Waals surface area (Å²) in [5.41, 5.74) is 4.99. The number of rotatable bonds is 4. The highest BCUT2D eigenvalue weighted by Crippen LogP contribution is 2.21. The molecule has 1 saturated heterocycles. The van der Waals surface area contributed by atoms with Crippen molar-refractivity contribution in [2.45, 2.75) is 12.8 Å². The Morgan fingerprint density at radius 1 is 1.17 bits per heavy atom. The van der Waals surface area contributed by atoms with Gasteiger partial charge in [0.1, 0.15) is 5.75 Å². The molecule has 1 amide bonds. The Balaban J connectivity index is 1.59. The number of hydrazone groups is 1. The van der Waals surface area contributed by atoms with Gasteiger partial charge in [0.2, 0.25) is 0 Å². The van der Waals surface area contributed by atoms with Gasteiger partial charge in [-0.2, -0.15) is 5.10 Å². The van der Waals surface area contributed by atoms with E-state index in [9.17, 15) is 9.90 Å². The summed E-state index contributed by atoms with van der Waals surface area (Å²) in [4.78, 5) is 14.3. The Morgan fingerprint density at radius 2 is 1.88 bits per heavy atom. The second kappa shape index (κ2) is 7.65. The number of nitrogens with one attached hydrogen (secondary N) is 1. The molecule has 0 aliphatic carbocycles. The van der Waals surface area contributed by atoms with Gasteiger partial charge in [0, 0.05) is 24.3 Å². The second-order valence-electron chi connectivity index (χ2n) is 5.65. The molecular formula is C18H18IN3O2. The van der Waals surface area contributed by atoms with E-state index in [0.29, 0.717) is 9.13 Å². The number of hydrogen-bond acceptors (Lipinski definition) is 4. The van der Waals surface area contributed by atoms with E-state index in [2.05, 4.69) is 27.6 Å². The predicted molar refractivity (Wildman–Crippen MR) is 104 cm³/mol. The SMILES string of the molecule is O=C(N/N=C/c1ccc(N2CCCC2)cc1)c1ccc(I)c(O)c1. The molecule has 0 unspecified atom stereocenters. The highest BCUT2D eigenvalue weighted by Gasteiger charge is 2.11. The van der Waals surface area contributed by atoms with Crippen LogP contribution in [0, 0.1) is 3.57 Å². The average molecular weight is 435 g/mol. The first-order chi connectivity index (χ1) is 11.6. The van der Waals surface area contributed by atoms with E-state index in [1.165, 1.54) is 24.6 Å². The molecule has 5 nitrogen and oxygen atoms in total. The van der Waals surface area contributed by atoms with Crippen LogP contribution >= 0.6 is 22.6 Å². The Morgan fingerprint density at radius 3 is 2.54 bits per heavy atom. The average Bonchev–Trinajstić information content (AvgIpc) is 3.12. The minimum absolute atomic E-state index is 0.0877. The Labute approximate surface area is 154 Å². The van der Waals surface area contributed by atoms with Crippen molar-refractivity contribution in [2.75, 3.05) is 18.0 Å². The number of carbonyl (C=O) groups excluding carboxylic acids is 1. The first-order valence-electron chi connectivity index (χ1n) is 7.80.